The third-order valence-electron chi connectivity index (χ3n) is 3.19. The normalized spacial score (nSPS) is 19.8. The molecule has 1 atom stereocenters. The van der Waals surface area contributed by atoms with Crippen molar-refractivity contribution in [2.75, 3.05) is 30.4 Å². The van der Waals surface area contributed by atoms with Crippen molar-refractivity contribution in [3.8, 4) is 0 Å². The Morgan fingerprint density at radius 1 is 1.53 bits per heavy atom. The van der Waals surface area contributed by atoms with E-state index in [1.807, 2.05) is 6.92 Å². The van der Waals surface area contributed by atoms with E-state index in [9.17, 15) is 8.42 Å². The summed E-state index contributed by atoms with van der Waals surface area (Å²) < 4.78 is 26.4. The fourth-order valence-corrected chi connectivity index (χ4v) is 4.68. The predicted molar refractivity (Wildman–Crippen MR) is 79.1 cm³/mol. The van der Waals surface area contributed by atoms with E-state index in [2.05, 4.69) is 10.3 Å². The zero-order valence-corrected chi connectivity index (χ0v) is 12.8. The Kier molecular flexibility index (Phi) is 4.70. The molecule has 2 rings (SSSR count). The summed E-state index contributed by atoms with van der Waals surface area (Å²) in [6, 6.07) is 3.41. The van der Waals surface area contributed by atoms with Gasteiger partial charge in [0.15, 0.2) is 0 Å². The van der Waals surface area contributed by atoms with Gasteiger partial charge in [0.25, 0.3) is 0 Å². The number of hydrogen-bond acceptors (Lipinski definition) is 5. The molecule has 0 amide bonds. The SMILES string of the molecule is CCNc1ccc(S(=O)(=O)N(C)C2CCSC2)cn1. The van der Waals surface area contributed by atoms with Gasteiger partial charge in [-0.1, -0.05) is 0 Å². The van der Waals surface area contributed by atoms with Crippen molar-refractivity contribution < 1.29 is 8.42 Å². The first-order valence-corrected chi connectivity index (χ1v) is 8.91. The summed E-state index contributed by atoms with van der Waals surface area (Å²) in [5.74, 6) is 2.60. The maximum atomic E-state index is 12.4. The highest BCUT2D eigenvalue weighted by molar-refractivity contribution is 7.99. The van der Waals surface area contributed by atoms with Crippen LogP contribution in [0.4, 0.5) is 5.82 Å². The zero-order chi connectivity index (χ0) is 13.9. The topological polar surface area (TPSA) is 62.3 Å². The number of thioether (sulfide) groups is 1. The van der Waals surface area contributed by atoms with Crippen LogP contribution in [0.1, 0.15) is 13.3 Å². The van der Waals surface area contributed by atoms with Crippen LogP contribution in [0.2, 0.25) is 0 Å². The molecule has 1 fully saturated rings. The lowest BCUT2D eigenvalue weighted by atomic mass is 10.3. The van der Waals surface area contributed by atoms with Crippen LogP contribution >= 0.6 is 11.8 Å². The zero-order valence-electron chi connectivity index (χ0n) is 11.2. The molecular weight excluding hydrogens is 282 g/mol. The molecular formula is C12H19N3O2S2. The second kappa shape index (κ2) is 6.11. The molecule has 1 aliphatic heterocycles. The van der Waals surface area contributed by atoms with Crippen molar-refractivity contribution in [1.82, 2.24) is 9.29 Å². The quantitative estimate of drug-likeness (QED) is 0.896. The Bertz CT molecular complexity index is 510. The van der Waals surface area contributed by atoms with Gasteiger partial charge in [-0.3, -0.25) is 0 Å². The first-order chi connectivity index (χ1) is 9.05. The van der Waals surface area contributed by atoms with Crippen molar-refractivity contribution in [1.29, 1.82) is 0 Å². The fraction of sp³-hybridized carbons (Fsp3) is 0.583. The average molecular weight is 301 g/mol. The number of hydrogen-bond donors (Lipinski definition) is 1. The maximum Gasteiger partial charge on any atom is 0.244 e. The molecule has 0 bridgehead atoms. The van der Waals surface area contributed by atoms with Gasteiger partial charge in [0, 0.05) is 31.6 Å². The summed E-state index contributed by atoms with van der Waals surface area (Å²) >= 11 is 1.80. The first kappa shape index (κ1) is 14.6. The second-order valence-corrected chi connectivity index (χ2v) is 7.60. The third kappa shape index (κ3) is 3.21. The summed E-state index contributed by atoms with van der Waals surface area (Å²) in [5.41, 5.74) is 0. The summed E-state index contributed by atoms with van der Waals surface area (Å²) in [4.78, 5) is 4.38. The number of aromatic nitrogens is 1. The molecule has 0 spiro atoms. The minimum atomic E-state index is -3.42. The van der Waals surface area contributed by atoms with Crippen molar-refractivity contribution in [2.24, 2.45) is 0 Å². The van der Waals surface area contributed by atoms with Gasteiger partial charge in [0.2, 0.25) is 10.0 Å². The van der Waals surface area contributed by atoms with E-state index in [1.165, 1.54) is 10.5 Å². The highest BCUT2D eigenvalue weighted by Crippen LogP contribution is 2.26. The van der Waals surface area contributed by atoms with Crippen LogP contribution in [0.3, 0.4) is 0 Å². The van der Waals surface area contributed by atoms with Crippen molar-refractivity contribution in [3.63, 3.8) is 0 Å². The van der Waals surface area contributed by atoms with E-state index in [-0.39, 0.29) is 10.9 Å². The Morgan fingerprint density at radius 2 is 2.32 bits per heavy atom. The number of sulfonamides is 1. The van der Waals surface area contributed by atoms with Gasteiger partial charge in [-0.2, -0.15) is 16.1 Å². The van der Waals surface area contributed by atoms with E-state index < -0.39 is 10.0 Å². The van der Waals surface area contributed by atoms with Crippen molar-refractivity contribution in [2.45, 2.75) is 24.3 Å². The second-order valence-electron chi connectivity index (χ2n) is 4.45. The number of anilines is 1. The molecule has 1 aromatic heterocycles. The Morgan fingerprint density at radius 3 is 2.84 bits per heavy atom. The smallest absolute Gasteiger partial charge is 0.244 e. The lowest BCUT2D eigenvalue weighted by Gasteiger charge is -2.23. The minimum Gasteiger partial charge on any atom is -0.370 e. The summed E-state index contributed by atoms with van der Waals surface area (Å²) in [7, 11) is -1.77. The lowest BCUT2D eigenvalue weighted by Crippen LogP contribution is -2.37. The van der Waals surface area contributed by atoms with E-state index in [0.29, 0.717) is 5.82 Å². The first-order valence-electron chi connectivity index (χ1n) is 6.31. The summed E-state index contributed by atoms with van der Waals surface area (Å²) in [6.07, 6.45) is 2.34. The molecule has 7 heteroatoms. The molecule has 106 valence electrons. The number of nitrogens with zero attached hydrogens (tertiary/aromatic N) is 2. The minimum absolute atomic E-state index is 0.100. The maximum absolute atomic E-state index is 12.4. The molecule has 5 nitrogen and oxygen atoms in total. The van der Waals surface area contributed by atoms with Crippen molar-refractivity contribution in [3.05, 3.63) is 18.3 Å². The Labute approximate surface area is 118 Å². The van der Waals surface area contributed by atoms with Gasteiger partial charge in [0.1, 0.15) is 10.7 Å². The van der Waals surface area contributed by atoms with Gasteiger partial charge in [0.05, 0.1) is 0 Å². The molecule has 19 heavy (non-hydrogen) atoms. The molecule has 1 saturated heterocycles. The van der Waals surface area contributed by atoms with Gasteiger partial charge < -0.3 is 5.32 Å². The Hall–Kier alpha value is -0.790. The van der Waals surface area contributed by atoms with E-state index in [0.717, 1.165) is 24.5 Å². The van der Waals surface area contributed by atoms with Crippen LogP contribution in [0.15, 0.2) is 23.2 Å². The Balaban J connectivity index is 2.18. The average Bonchev–Trinajstić information content (AvgIpc) is 2.92. The van der Waals surface area contributed by atoms with Crippen LogP contribution in [0.5, 0.6) is 0 Å². The van der Waals surface area contributed by atoms with Crippen LogP contribution in [-0.2, 0) is 10.0 Å². The number of pyridine rings is 1. The van der Waals surface area contributed by atoms with E-state index in [4.69, 9.17) is 0 Å². The largest absolute Gasteiger partial charge is 0.370 e. The van der Waals surface area contributed by atoms with Gasteiger partial charge in [-0.25, -0.2) is 13.4 Å². The molecule has 0 radical (unpaired) electrons. The van der Waals surface area contributed by atoms with E-state index >= 15 is 0 Å². The number of nitrogens with one attached hydrogen (secondary N) is 1. The summed E-state index contributed by atoms with van der Waals surface area (Å²) in [6.45, 7) is 2.73. The third-order valence-corrected chi connectivity index (χ3v) is 6.23. The van der Waals surface area contributed by atoms with Crippen LogP contribution in [0.25, 0.3) is 0 Å². The molecule has 1 aromatic rings. The lowest BCUT2D eigenvalue weighted by molar-refractivity contribution is 0.394. The molecule has 1 aliphatic rings. The summed E-state index contributed by atoms with van der Waals surface area (Å²) in [5, 5.41) is 3.05. The highest BCUT2D eigenvalue weighted by atomic mass is 32.2. The van der Waals surface area contributed by atoms with E-state index in [1.54, 1.807) is 30.9 Å². The van der Waals surface area contributed by atoms with Gasteiger partial charge >= 0.3 is 0 Å². The molecule has 0 aromatic carbocycles. The van der Waals surface area contributed by atoms with Crippen LogP contribution in [0, 0.1) is 0 Å². The van der Waals surface area contributed by atoms with Crippen LogP contribution < -0.4 is 5.32 Å². The van der Waals surface area contributed by atoms with Crippen molar-refractivity contribution >= 4 is 27.6 Å². The monoisotopic (exact) mass is 301 g/mol. The van der Waals surface area contributed by atoms with Gasteiger partial charge in [-0.15, -0.1) is 0 Å². The standard InChI is InChI=1S/C12H19N3O2S2/c1-3-13-12-5-4-11(8-14-12)19(16,17)15(2)10-6-7-18-9-10/h4-5,8,10H,3,6-7,9H2,1-2H3,(H,13,14). The molecule has 0 saturated carbocycles. The van der Waals surface area contributed by atoms with Crippen LogP contribution in [-0.4, -0.2) is 48.8 Å². The predicted octanol–water partition coefficient (Wildman–Crippen LogP) is 1.64. The molecule has 1 N–H and O–H groups in total. The molecule has 1 unspecified atom stereocenters. The van der Waals surface area contributed by atoms with Gasteiger partial charge in [-0.05, 0) is 31.2 Å². The molecule has 0 aliphatic carbocycles. The highest BCUT2D eigenvalue weighted by Gasteiger charge is 2.30. The number of rotatable bonds is 5. The fourth-order valence-electron chi connectivity index (χ4n) is 1.99. The molecule has 2 heterocycles.